The molecule has 3 N–H and O–H groups in total. The Morgan fingerprint density at radius 1 is 1.07 bits per heavy atom. The van der Waals surface area contributed by atoms with Crippen LogP contribution in [0, 0.1) is 5.82 Å². The fourth-order valence-corrected chi connectivity index (χ4v) is 4.04. The van der Waals surface area contributed by atoms with Crippen molar-refractivity contribution in [3.05, 3.63) is 53.8 Å². The molecule has 150 valence electrons. The summed E-state index contributed by atoms with van der Waals surface area (Å²) in [4.78, 5) is 0. The molecule has 2 aromatic carbocycles. The molecule has 0 aromatic heterocycles. The molecule has 1 fully saturated rings. The van der Waals surface area contributed by atoms with E-state index in [0.717, 1.165) is 0 Å². The van der Waals surface area contributed by atoms with E-state index in [-0.39, 0.29) is 11.4 Å². The van der Waals surface area contributed by atoms with Gasteiger partial charge in [-0.15, -0.1) is 0 Å². The van der Waals surface area contributed by atoms with Crippen LogP contribution in [-0.2, 0) is 25.1 Å². The highest BCUT2D eigenvalue weighted by Crippen LogP contribution is 2.36. The molecule has 28 heavy (non-hydrogen) atoms. The number of anilines is 2. The number of sulfonamides is 1. The molecule has 9 heteroatoms. The Morgan fingerprint density at radius 2 is 1.71 bits per heavy atom. The summed E-state index contributed by atoms with van der Waals surface area (Å²) in [5.74, 6) is -1.01. The van der Waals surface area contributed by atoms with Crippen molar-refractivity contribution in [3.8, 4) is 0 Å². The highest BCUT2D eigenvalue weighted by Gasteiger charge is 2.51. The van der Waals surface area contributed by atoms with Crippen LogP contribution in [0.3, 0.4) is 0 Å². The van der Waals surface area contributed by atoms with Crippen molar-refractivity contribution in [1.82, 2.24) is 0 Å². The summed E-state index contributed by atoms with van der Waals surface area (Å²) in [6, 6.07) is 10.7. The second kappa shape index (κ2) is 7.06. The Bertz CT molecular complexity index is 979. The van der Waals surface area contributed by atoms with Gasteiger partial charge < -0.3 is 15.0 Å². The third-order valence-corrected chi connectivity index (χ3v) is 6.34. The molecule has 0 spiro atoms. The largest absolute Gasteiger partial charge is 0.494 e. The van der Waals surface area contributed by atoms with E-state index in [1.807, 2.05) is 27.7 Å². The van der Waals surface area contributed by atoms with Gasteiger partial charge in [0.2, 0.25) is 10.0 Å². The molecule has 1 heterocycles. The predicted molar refractivity (Wildman–Crippen MR) is 109 cm³/mol. The molecule has 6 nitrogen and oxygen atoms in total. The number of halogens is 1. The molecule has 2 aromatic rings. The van der Waals surface area contributed by atoms with Gasteiger partial charge >= 0.3 is 7.12 Å². The van der Waals surface area contributed by atoms with E-state index in [9.17, 15) is 12.8 Å². The molecule has 0 radical (unpaired) electrons. The number of nitrogen functional groups attached to an aromatic ring is 1. The zero-order chi connectivity index (χ0) is 20.7. The van der Waals surface area contributed by atoms with E-state index in [2.05, 4.69) is 4.72 Å². The minimum atomic E-state index is -3.80. The molecule has 3 rings (SSSR count). The normalized spacial score (nSPS) is 18.2. The average molecular weight is 406 g/mol. The fourth-order valence-electron chi connectivity index (χ4n) is 2.85. The first-order valence-electron chi connectivity index (χ1n) is 8.89. The Morgan fingerprint density at radius 3 is 2.29 bits per heavy atom. The maximum absolute atomic E-state index is 14.6. The van der Waals surface area contributed by atoms with E-state index in [1.54, 1.807) is 30.3 Å². The van der Waals surface area contributed by atoms with Gasteiger partial charge in [0.25, 0.3) is 0 Å². The van der Waals surface area contributed by atoms with Crippen molar-refractivity contribution in [3.63, 3.8) is 0 Å². The van der Waals surface area contributed by atoms with Gasteiger partial charge in [-0.3, -0.25) is 4.72 Å². The molecular formula is C19H24BFN2O4S. The van der Waals surface area contributed by atoms with Gasteiger partial charge in [-0.2, -0.15) is 0 Å². The molecule has 1 aliphatic rings. The Balaban J connectivity index is 1.76. The molecule has 0 aliphatic carbocycles. The number of hydrogen-bond acceptors (Lipinski definition) is 5. The van der Waals surface area contributed by atoms with Crippen molar-refractivity contribution in [2.24, 2.45) is 0 Å². The lowest BCUT2D eigenvalue weighted by atomic mass is 9.79. The highest BCUT2D eigenvalue weighted by molar-refractivity contribution is 7.91. The van der Waals surface area contributed by atoms with Gasteiger partial charge in [-0.1, -0.05) is 18.2 Å². The molecule has 1 aliphatic heterocycles. The Kier molecular flexibility index (Phi) is 5.20. The van der Waals surface area contributed by atoms with Crippen LogP contribution in [0.1, 0.15) is 33.3 Å². The van der Waals surface area contributed by atoms with Gasteiger partial charge in [0, 0.05) is 5.69 Å². The summed E-state index contributed by atoms with van der Waals surface area (Å²) in [6.45, 7) is 7.62. The van der Waals surface area contributed by atoms with E-state index in [4.69, 9.17) is 15.0 Å². The molecule has 0 saturated carbocycles. The zero-order valence-corrected chi connectivity index (χ0v) is 17.1. The summed E-state index contributed by atoms with van der Waals surface area (Å²) >= 11 is 0. The SMILES string of the molecule is CC1(C)OB(c2ccc(NS(=O)(=O)Cc3cccc(N)c3)c(F)c2)OC1(C)C. The highest BCUT2D eigenvalue weighted by atomic mass is 32.2. The average Bonchev–Trinajstić information content (AvgIpc) is 2.76. The van der Waals surface area contributed by atoms with E-state index < -0.39 is 34.2 Å². The Labute approximate surface area is 165 Å². The van der Waals surface area contributed by atoms with E-state index in [1.165, 1.54) is 12.1 Å². The molecule has 0 amide bonds. The molecule has 1 saturated heterocycles. The number of rotatable bonds is 5. The Hall–Kier alpha value is -2.10. The summed E-state index contributed by atoms with van der Waals surface area (Å²) in [7, 11) is -4.53. The second-order valence-electron chi connectivity index (χ2n) is 7.93. The van der Waals surface area contributed by atoms with Crippen LogP contribution in [0.4, 0.5) is 15.8 Å². The summed E-state index contributed by atoms with van der Waals surface area (Å²) < 4.78 is 53.4. The number of benzene rings is 2. The van der Waals surface area contributed by atoms with Crippen molar-refractivity contribution in [2.75, 3.05) is 10.5 Å². The van der Waals surface area contributed by atoms with Crippen LogP contribution in [0.15, 0.2) is 42.5 Å². The van der Waals surface area contributed by atoms with Crippen LogP contribution in [-0.4, -0.2) is 26.7 Å². The maximum atomic E-state index is 14.6. The predicted octanol–water partition coefficient (Wildman–Crippen LogP) is 2.65. The van der Waals surface area contributed by atoms with Gasteiger partial charge in [-0.25, -0.2) is 12.8 Å². The second-order valence-corrected chi connectivity index (χ2v) is 9.66. The van der Waals surface area contributed by atoms with Crippen molar-refractivity contribution in [2.45, 2.75) is 44.6 Å². The van der Waals surface area contributed by atoms with Crippen molar-refractivity contribution >= 4 is 34.0 Å². The smallest absolute Gasteiger partial charge is 0.399 e. The van der Waals surface area contributed by atoms with Crippen molar-refractivity contribution in [1.29, 1.82) is 0 Å². The first-order valence-corrected chi connectivity index (χ1v) is 10.5. The number of nitrogens with one attached hydrogen (secondary N) is 1. The molecule has 0 bridgehead atoms. The standard InChI is InChI=1S/C19H24BFN2O4S/c1-18(2)19(3,4)27-20(26-18)14-8-9-17(16(21)11-14)23-28(24,25)12-13-6-5-7-15(22)10-13/h5-11,23H,12,22H2,1-4H3. The summed E-state index contributed by atoms with van der Waals surface area (Å²) in [6.07, 6.45) is 0. The van der Waals surface area contributed by atoms with Crippen LogP contribution >= 0.6 is 0 Å². The molecule has 0 atom stereocenters. The van der Waals surface area contributed by atoms with Crippen LogP contribution in [0.2, 0.25) is 0 Å². The van der Waals surface area contributed by atoms with Gasteiger partial charge in [0.1, 0.15) is 5.82 Å². The van der Waals surface area contributed by atoms with Crippen LogP contribution in [0.25, 0.3) is 0 Å². The van der Waals surface area contributed by atoms with E-state index >= 15 is 0 Å². The number of nitrogens with two attached hydrogens (primary N) is 1. The minimum absolute atomic E-state index is 0.135. The van der Waals surface area contributed by atoms with Gasteiger partial charge in [0.05, 0.1) is 22.6 Å². The first kappa shape index (κ1) is 20.6. The molecule has 0 unspecified atom stereocenters. The van der Waals surface area contributed by atoms with E-state index in [0.29, 0.717) is 16.7 Å². The lowest BCUT2D eigenvalue weighted by Gasteiger charge is -2.32. The minimum Gasteiger partial charge on any atom is -0.399 e. The maximum Gasteiger partial charge on any atom is 0.494 e. The van der Waals surface area contributed by atoms with Gasteiger partial charge in [0.15, 0.2) is 0 Å². The summed E-state index contributed by atoms with van der Waals surface area (Å²) in [5, 5.41) is 0. The summed E-state index contributed by atoms with van der Waals surface area (Å²) in [5.41, 5.74) is 5.90. The first-order chi connectivity index (χ1) is 12.9. The quantitative estimate of drug-likeness (QED) is 0.589. The van der Waals surface area contributed by atoms with Gasteiger partial charge in [-0.05, 0) is 63.0 Å². The van der Waals surface area contributed by atoms with Crippen LogP contribution in [0.5, 0.6) is 0 Å². The zero-order valence-electron chi connectivity index (χ0n) is 16.3. The lowest BCUT2D eigenvalue weighted by molar-refractivity contribution is 0.00578. The molecular weight excluding hydrogens is 382 g/mol. The third-order valence-electron chi connectivity index (χ3n) is 5.09. The monoisotopic (exact) mass is 406 g/mol. The van der Waals surface area contributed by atoms with Crippen molar-refractivity contribution < 1.29 is 22.1 Å². The fraction of sp³-hybridized carbons (Fsp3) is 0.368. The van der Waals surface area contributed by atoms with Crippen LogP contribution < -0.4 is 15.9 Å². The third kappa shape index (κ3) is 4.32. The number of hydrogen-bond donors (Lipinski definition) is 2. The lowest BCUT2D eigenvalue weighted by Crippen LogP contribution is -2.41. The topological polar surface area (TPSA) is 90.7 Å².